The molecule has 2 aromatic rings. The lowest BCUT2D eigenvalue weighted by molar-refractivity contribution is 0.171. The first-order chi connectivity index (χ1) is 11.3. The fourth-order valence-corrected chi connectivity index (χ4v) is 4.82. The Labute approximate surface area is 140 Å². The van der Waals surface area contributed by atoms with Crippen LogP contribution in [0.3, 0.4) is 0 Å². The Morgan fingerprint density at radius 3 is 1.61 bits per heavy atom. The smallest absolute Gasteiger partial charge is 0.337 e. The lowest BCUT2D eigenvalue weighted by Gasteiger charge is -2.28. The molecule has 4 nitrogen and oxygen atoms in total. The average molecular weight is 331 g/mol. The lowest BCUT2D eigenvalue weighted by atomic mass is 10.3. The Morgan fingerprint density at radius 2 is 1.26 bits per heavy atom. The molecule has 0 saturated carbocycles. The van der Waals surface area contributed by atoms with Crippen LogP contribution in [0, 0.1) is 0 Å². The maximum Gasteiger partial charge on any atom is 0.337 e. The van der Waals surface area contributed by atoms with Crippen molar-refractivity contribution in [2.75, 3.05) is 13.2 Å². The highest BCUT2D eigenvalue weighted by atomic mass is 28.4. The molecule has 23 heavy (non-hydrogen) atoms. The van der Waals surface area contributed by atoms with Crippen LogP contribution < -0.4 is 0 Å². The van der Waals surface area contributed by atoms with Crippen molar-refractivity contribution in [1.82, 2.24) is 9.97 Å². The van der Waals surface area contributed by atoms with Gasteiger partial charge in [0.05, 0.1) is 0 Å². The maximum atomic E-state index is 6.23. The number of hydrogen-bond acceptors (Lipinski definition) is 4. The van der Waals surface area contributed by atoms with Gasteiger partial charge in [-0.25, -0.2) is 0 Å². The second-order valence-corrected chi connectivity index (χ2v) is 9.27. The summed E-state index contributed by atoms with van der Waals surface area (Å²) in [4.78, 5) is 8.68. The molecule has 0 unspecified atom stereocenters. The quantitative estimate of drug-likeness (QED) is 0.622. The van der Waals surface area contributed by atoms with E-state index >= 15 is 0 Å². The van der Waals surface area contributed by atoms with Crippen LogP contribution in [0.25, 0.3) is 0 Å². The molecule has 0 radical (unpaired) electrons. The Hall–Kier alpha value is -1.56. The van der Waals surface area contributed by atoms with Gasteiger partial charge >= 0.3 is 8.56 Å². The minimum absolute atomic E-state index is 0.675. The third-order valence-corrected chi connectivity index (χ3v) is 7.59. The first-order valence-corrected chi connectivity index (χ1v) is 10.6. The SMILES string of the molecule is CC[Si](CC)(OCCc1ccccn1)OCCc1ccccn1. The van der Waals surface area contributed by atoms with Gasteiger partial charge in [-0.2, -0.15) is 0 Å². The zero-order valence-electron chi connectivity index (χ0n) is 14.1. The van der Waals surface area contributed by atoms with Crippen LogP contribution in [0.15, 0.2) is 48.8 Å². The molecule has 2 aromatic heterocycles. The monoisotopic (exact) mass is 330 g/mol. The van der Waals surface area contributed by atoms with E-state index < -0.39 is 8.56 Å². The second-order valence-electron chi connectivity index (χ2n) is 5.46. The van der Waals surface area contributed by atoms with Crippen LogP contribution in [0.4, 0.5) is 0 Å². The molecule has 5 heteroatoms. The largest absolute Gasteiger partial charge is 0.394 e. The zero-order chi connectivity index (χ0) is 16.4. The lowest BCUT2D eigenvalue weighted by Crippen LogP contribution is -2.42. The van der Waals surface area contributed by atoms with Crippen LogP contribution in [0.5, 0.6) is 0 Å². The number of pyridine rings is 2. The van der Waals surface area contributed by atoms with Crippen molar-refractivity contribution < 1.29 is 8.85 Å². The van der Waals surface area contributed by atoms with E-state index in [1.165, 1.54) is 0 Å². The number of hydrogen-bond donors (Lipinski definition) is 0. The molecule has 2 heterocycles. The van der Waals surface area contributed by atoms with Crippen LogP contribution in [-0.4, -0.2) is 31.7 Å². The number of rotatable bonds is 10. The number of aromatic nitrogens is 2. The zero-order valence-corrected chi connectivity index (χ0v) is 15.1. The standard InChI is InChI=1S/C18H26N2O2Si/c1-3-23(4-2,21-15-11-17-9-5-7-13-19-17)22-16-12-18-10-6-8-14-20-18/h5-10,13-14H,3-4,11-12,15-16H2,1-2H3. The second kappa shape index (κ2) is 9.55. The minimum Gasteiger partial charge on any atom is -0.394 e. The fraction of sp³-hybridized carbons (Fsp3) is 0.444. The Kier molecular flexibility index (Phi) is 7.38. The van der Waals surface area contributed by atoms with E-state index in [1.807, 2.05) is 48.8 Å². The third kappa shape index (κ3) is 5.86. The molecule has 2 rings (SSSR count). The van der Waals surface area contributed by atoms with E-state index in [4.69, 9.17) is 8.85 Å². The summed E-state index contributed by atoms with van der Waals surface area (Å²) in [5.74, 6) is 0. The molecule has 0 bridgehead atoms. The van der Waals surface area contributed by atoms with Crippen molar-refractivity contribution in [3.8, 4) is 0 Å². The molecular formula is C18H26N2O2Si. The van der Waals surface area contributed by atoms with Gasteiger partial charge in [0, 0.05) is 49.8 Å². The highest BCUT2D eigenvalue weighted by Crippen LogP contribution is 2.19. The van der Waals surface area contributed by atoms with E-state index in [1.54, 1.807) is 0 Å². The van der Waals surface area contributed by atoms with Crippen molar-refractivity contribution in [3.63, 3.8) is 0 Å². The average Bonchev–Trinajstić information content (AvgIpc) is 2.62. The van der Waals surface area contributed by atoms with Crippen LogP contribution in [0.2, 0.25) is 12.1 Å². The third-order valence-electron chi connectivity index (χ3n) is 3.98. The molecule has 0 aliphatic carbocycles. The van der Waals surface area contributed by atoms with Crippen LogP contribution >= 0.6 is 0 Å². The summed E-state index contributed by atoms with van der Waals surface area (Å²) in [5, 5.41) is 0. The van der Waals surface area contributed by atoms with Gasteiger partial charge < -0.3 is 8.85 Å². The first-order valence-electron chi connectivity index (χ1n) is 8.35. The molecule has 124 valence electrons. The van der Waals surface area contributed by atoms with Gasteiger partial charge in [-0.1, -0.05) is 26.0 Å². The highest BCUT2D eigenvalue weighted by molar-refractivity contribution is 6.67. The molecule has 0 fully saturated rings. The van der Waals surface area contributed by atoms with Crippen molar-refractivity contribution >= 4 is 8.56 Å². The molecule has 0 aliphatic heterocycles. The molecule has 0 amide bonds. The molecular weight excluding hydrogens is 304 g/mol. The summed E-state index contributed by atoms with van der Waals surface area (Å²) >= 11 is 0. The van der Waals surface area contributed by atoms with Gasteiger partial charge in [0.1, 0.15) is 0 Å². The predicted molar refractivity (Wildman–Crippen MR) is 94.5 cm³/mol. The maximum absolute atomic E-state index is 6.23. The van der Waals surface area contributed by atoms with E-state index in [9.17, 15) is 0 Å². The summed E-state index contributed by atoms with van der Waals surface area (Å²) in [6.45, 7) is 5.68. The van der Waals surface area contributed by atoms with Gasteiger partial charge in [-0.05, 0) is 36.4 Å². The van der Waals surface area contributed by atoms with E-state index in [-0.39, 0.29) is 0 Å². The van der Waals surface area contributed by atoms with Gasteiger partial charge in [-0.3, -0.25) is 9.97 Å². The summed E-state index contributed by atoms with van der Waals surface area (Å²) in [7, 11) is -2.11. The topological polar surface area (TPSA) is 44.2 Å². The first kappa shape index (κ1) is 17.8. The van der Waals surface area contributed by atoms with Crippen LogP contribution in [0.1, 0.15) is 25.2 Å². The number of nitrogens with zero attached hydrogens (tertiary/aromatic N) is 2. The summed E-state index contributed by atoms with van der Waals surface area (Å²) in [6.07, 6.45) is 5.31. The van der Waals surface area contributed by atoms with Gasteiger partial charge in [0.15, 0.2) is 0 Å². The Bertz CT molecular complexity index is 500. The molecule has 0 aromatic carbocycles. The van der Waals surface area contributed by atoms with E-state index in [2.05, 4.69) is 23.8 Å². The van der Waals surface area contributed by atoms with Gasteiger partial charge in [0.2, 0.25) is 0 Å². The van der Waals surface area contributed by atoms with Crippen molar-refractivity contribution in [2.45, 2.75) is 38.8 Å². The fourth-order valence-electron chi connectivity index (χ4n) is 2.48. The predicted octanol–water partition coefficient (Wildman–Crippen LogP) is 3.78. The van der Waals surface area contributed by atoms with E-state index in [0.29, 0.717) is 13.2 Å². The van der Waals surface area contributed by atoms with Crippen LogP contribution in [-0.2, 0) is 21.7 Å². The summed E-state index contributed by atoms with van der Waals surface area (Å²) in [6, 6.07) is 13.9. The van der Waals surface area contributed by atoms with Gasteiger partial charge in [0.25, 0.3) is 0 Å². The minimum atomic E-state index is -2.11. The van der Waals surface area contributed by atoms with Crippen molar-refractivity contribution in [3.05, 3.63) is 60.2 Å². The summed E-state index contributed by atoms with van der Waals surface area (Å²) in [5.41, 5.74) is 2.13. The molecule has 0 saturated heterocycles. The molecule has 0 N–H and O–H groups in total. The molecule has 0 atom stereocenters. The molecule has 0 spiro atoms. The highest BCUT2D eigenvalue weighted by Gasteiger charge is 2.33. The van der Waals surface area contributed by atoms with Crippen molar-refractivity contribution in [1.29, 1.82) is 0 Å². The summed E-state index contributed by atoms with van der Waals surface area (Å²) < 4.78 is 12.5. The van der Waals surface area contributed by atoms with E-state index in [0.717, 1.165) is 36.3 Å². The Balaban J connectivity index is 1.80. The van der Waals surface area contributed by atoms with Gasteiger partial charge in [-0.15, -0.1) is 0 Å². The Morgan fingerprint density at radius 1 is 0.783 bits per heavy atom. The van der Waals surface area contributed by atoms with Crippen molar-refractivity contribution in [2.24, 2.45) is 0 Å². The normalized spacial score (nSPS) is 11.6. The molecule has 0 aliphatic rings.